The molecule has 1 atom stereocenters. The molecule has 1 heterocycles. The predicted molar refractivity (Wildman–Crippen MR) is 141 cm³/mol. The van der Waals surface area contributed by atoms with Crippen LogP contribution in [0.5, 0.6) is 0 Å². The van der Waals surface area contributed by atoms with Crippen LogP contribution in [0.3, 0.4) is 0 Å². The van der Waals surface area contributed by atoms with Crippen molar-refractivity contribution in [2.75, 3.05) is 33.9 Å². The number of ether oxygens (including phenoxy) is 2. The lowest BCUT2D eigenvalue weighted by molar-refractivity contribution is -0.183. The van der Waals surface area contributed by atoms with Crippen LogP contribution in [0.1, 0.15) is 60.5 Å². The lowest BCUT2D eigenvalue weighted by atomic mass is 9.86. The molecule has 0 bridgehead atoms. The minimum atomic E-state index is -0.443. The summed E-state index contributed by atoms with van der Waals surface area (Å²) in [5.41, 5.74) is 3.14. The largest absolute Gasteiger partial charge is 0.348 e. The van der Waals surface area contributed by atoms with Crippen molar-refractivity contribution in [2.45, 2.75) is 69.7 Å². The van der Waals surface area contributed by atoms with Crippen LogP contribution in [0, 0.1) is 0 Å². The van der Waals surface area contributed by atoms with Gasteiger partial charge in [-0.2, -0.15) is 0 Å². The van der Waals surface area contributed by atoms with Crippen molar-refractivity contribution >= 4 is 17.5 Å². The molecule has 1 amide bonds. The van der Waals surface area contributed by atoms with Gasteiger partial charge in [0, 0.05) is 35.5 Å². The van der Waals surface area contributed by atoms with E-state index in [9.17, 15) is 4.79 Å². The SMILES string of the molecule is CCc1ccccc1C(=O)N(C1CCC2(CC1)OCCO2)[C@H](CCN(C)C)Cc1ccc(Cl)cc1. The summed E-state index contributed by atoms with van der Waals surface area (Å²) in [6.45, 7) is 4.37. The van der Waals surface area contributed by atoms with Crippen LogP contribution in [0.2, 0.25) is 5.02 Å². The van der Waals surface area contributed by atoms with Crippen molar-refractivity contribution in [3.05, 3.63) is 70.2 Å². The average Bonchev–Trinajstić information content (AvgIpc) is 3.32. The van der Waals surface area contributed by atoms with Gasteiger partial charge >= 0.3 is 0 Å². The van der Waals surface area contributed by atoms with E-state index in [1.807, 2.05) is 30.3 Å². The van der Waals surface area contributed by atoms with E-state index in [1.54, 1.807) is 0 Å². The average molecular weight is 499 g/mol. The second kappa shape index (κ2) is 11.9. The highest BCUT2D eigenvalue weighted by Crippen LogP contribution is 2.39. The number of carbonyl (C=O) groups is 1. The normalized spacial score (nSPS) is 18.8. The number of carbonyl (C=O) groups excluding carboxylic acids is 1. The molecular formula is C29H39ClN2O3. The summed E-state index contributed by atoms with van der Waals surface area (Å²) in [4.78, 5) is 18.7. The van der Waals surface area contributed by atoms with Crippen LogP contribution in [0.15, 0.2) is 48.5 Å². The Kier molecular flexibility index (Phi) is 8.87. The molecule has 2 aliphatic rings. The van der Waals surface area contributed by atoms with Crippen molar-refractivity contribution in [3.63, 3.8) is 0 Å². The molecule has 190 valence electrons. The fourth-order valence-electron chi connectivity index (χ4n) is 5.55. The summed E-state index contributed by atoms with van der Waals surface area (Å²) in [7, 11) is 4.19. The lowest BCUT2D eigenvalue weighted by Gasteiger charge is -2.44. The lowest BCUT2D eigenvalue weighted by Crippen LogP contribution is -2.52. The van der Waals surface area contributed by atoms with Crippen LogP contribution >= 0.6 is 11.6 Å². The van der Waals surface area contributed by atoms with Gasteiger partial charge in [-0.1, -0.05) is 48.9 Å². The van der Waals surface area contributed by atoms with Gasteiger partial charge < -0.3 is 19.3 Å². The number of halogens is 1. The number of nitrogens with zero attached hydrogens (tertiary/aromatic N) is 2. The Labute approximate surface area is 215 Å². The van der Waals surface area contributed by atoms with E-state index in [0.29, 0.717) is 13.2 Å². The molecule has 0 unspecified atom stereocenters. The summed E-state index contributed by atoms with van der Waals surface area (Å²) in [6.07, 6.45) is 5.99. The van der Waals surface area contributed by atoms with E-state index in [4.69, 9.17) is 21.1 Å². The summed E-state index contributed by atoms with van der Waals surface area (Å²) in [5, 5.41) is 0.734. The first kappa shape index (κ1) is 26.2. The van der Waals surface area contributed by atoms with Crippen molar-refractivity contribution < 1.29 is 14.3 Å². The number of hydrogen-bond acceptors (Lipinski definition) is 4. The second-order valence-corrected chi connectivity index (χ2v) is 10.6. The Balaban J connectivity index is 1.66. The Bertz CT molecular complexity index is 962. The van der Waals surface area contributed by atoms with E-state index in [2.05, 4.69) is 49.0 Å². The number of amides is 1. The Hall–Kier alpha value is -1.92. The van der Waals surface area contributed by atoms with Gasteiger partial charge in [0.25, 0.3) is 5.91 Å². The van der Waals surface area contributed by atoms with Gasteiger partial charge in [-0.05, 0) is 82.1 Å². The Morgan fingerprint density at radius 1 is 1.06 bits per heavy atom. The molecule has 1 saturated heterocycles. The maximum absolute atomic E-state index is 14.3. The summed E-state index contributed by atoms with van der Waals surface area (Å²) in [6, 6.07) is 16.4. The molecule has 6 heteroatoms. The standard InChI is InChI=1S/C29H39ClN2O3/c1-4-23-7-5-6-8-27(23)28(33)32(25-13-16-29(17-14-25)34-19-20-35-29)26(15-18-31(2)3)21-22-9-11-24(30)12-10-22/h5-12,25-26H,4,13-21H2,1-3H3/t26-/m1/s1. The van der Waals surface area contributed by atoms with Crippen molar-refractivity contribution in [3.8, 4) is 0 Å². The maximum atomic E-state index is 14.3. The molecule has 35 heavy (non-hydrogen) atoms. The Morgan fingerprint density at radius 3 is 2.34 bits per heavy atom. The van der Waals surface area contributed by atoms with E-state index in [1.165, 1.54) is 5.56 Å². The quantitative estimate of drug-likeness (QED) is 0.451. The summed E-state index contributed by atoms with van der Waals surface area (Å²) >= 11 is 6.16. The summed E-state index contributed by atoms with van der Waals surface area (Å²) in [5.74, 6) is -0.295. The molecule has 2 aromatic carbocycles. The highest BCUT2D eigenvalue weighted by molar-refractivity contribution is 6.30. The molecule has 1 spiro atoms. The zero-order chi connectivity index (χ0) is 24.8. The first-order valence-corrected chi connectivity index (χ1v) is 13.4. The smallest absolute Gasteiger partial charge is 0.254 e. The van der Waals surface area contributed by atoms with Crippen molar-refractivity contribution in [1.29, 1.82) is 0 Å². The van der Waals surface area contributed by atoms with Crippen molar-refractivity contribution in [2.24, 2.45) is 0 Å². The molecule has 1 aliphatic carbocycles. The van der Waals surface area contributed by atoms with Gasteiger partial charge in [-0.3, -0.25) is 4.79 Å². The number of aryl methyl sites for hydroxylation is 1. The molecular weight excluding hydrogens is 460 g/mol. The molecule has 2 fully saturated rings. The zero-order valence-corrected chi connectivity index (χ0v) is 22.1. The summed E-state index contributed by atoms with van der Waals surface area (Å²) < 4.78 is 12.0. The topological polar surface area (TPSA) is 42.0 Å². The molecule has 0 radical (unpaired) electrons. The maximum Gasteiger partial charge on any atom is 0.254 e. The van der Waals surface area contributed by atoms with Gasteiger partial charge in [0.05, 0.1) is 13.2 Å². The monoisotopic (exact) mass is 498 g/mol. The van der Waals surface area contributed by atoms with Gasteiger partial charge in [-0.15, -0.1) is 0 Å². The third-order valence-corrected chi connectivity index (χ3v) is 7.73. The molecule has 4 rings (SSSR count). The Morgan fingerprint density at radius 2 is 1.71 bits per heavy atom. The number of hydrogen-bond donors (Lipinski definition) is 0. The molecule has 1 aliphatic heterocycles. The van der Waals surface area contributed by atoms with Gasteiger partial charge in [-0.25, -0.2) is 0 Å². The van der Waals surface area contributed by atoms with Gasteiger partial charge in [0.2, 0.25) is 0 Å². The minimum Gasteiger partial charge on any atom is -0.348 e. The molecule has 5 nitrogen and oxygen atoms in total. The third kappa shape index (κ3) is 6.45. The van der Waals surface area contributed by atoms with E-state index < -0.39 is 5.79 Å². The van der Waals surface area contributed by atoms with Crippen LogP contribution in [0.4, 0.5) is 0 Å². The highest BCUT2D eigenvalue weighted by atomic mass is 35.5. The van der Waals surface area contributed by atoms with Crippen LogP contribution in [-0.4, -0.2) is 67.4 Å². The van der Waals surface area contributed by atoms with E-state index in [0.717, 1.165) is 67.6 Å². The van der Waals surface area contributed by atoms with Crippen molar-refractivity contribution in [1.82, 2.24) is 9.80 Å². The molecule has 2 aromatic rings. The highest BCUT2D eigenvalue weighted by Gasteiger charge is 2.43. The van der Waals surface area contributed by atoms with Gasteiger partial charge in [0.1, 0.15) is 0 Å². The fourth-order valence-corrected chi connectivity index (χ4v) is 5.68. The molecule has 0 aromatic heterocycles. The predicted octanol–water partition coefficient (Wildman–Crippen LogP) is 5.59. The third-order valence-electron chi connectivity index (χ3n) is 7.47. The first-order valence-electron chi connectivity index (χ1n) is 13.0. The zero-order valence-electron chi connectivity index (χ0n) is 21.3. The molecule has 0 N–H and O–H groups in total. The fraction of sp³-hybridized carbons (Fsp3) is 0.552. The minimum absolute atomic E-state index is 0.0838. The van der Waals surface area contributed by atoms with E-state index >= 15 is 0 Å². The van der Waals surface area contributed by atoms with Crippen LogP contribution < -0.4 is 0 Å². The van der Waals surface area contributed by atoms with Crippen LogP contribution in [-0.2, 0) is 22.3 Å². The number of rotatable bonds is 9. The molecule has 1 saturated carbocycles. The number of benzene rings is 2. The van der Waals surface area contributed by atoms with E-state index in [-0.39, 0.29) is 18.0 Å². The van der Waals surface area contributed by atoms with Crippen LogP contribution in [0.25, 0.3) is 0 Å². The second-order valence-electron chi connectivity index (χ2n) is 10.1. The first-order chi connectivity index (χ1) is 16.9. The van der Waals surface area contributed by atoms with Gasteiger partial charge in [0.15, 0.2) is 5.79 Å².